The molecule has 0 aliphatic carbocycles. The van der Waals surface area contributed by atoms with Gasteiger partial charge >= 0.3 is 0 Å². The quantitative estimate of drug-likeness (QED) is 0.695. The second-order valence-corrected chi connectivity index (χ2v) is 4.68. The van der Waals surface area contributed by atoms with Gasteiger partial charge in [0.2, 0.25) is 0 Å². The highest BCUT2D eigenvalue weighted by Gasteiger charge is 2.05. The molecule has 0 unspecified atom stereocenters. The van der Waals surface area contributed by atoms with Crippen molar-refractivity contribution < 1.29 is 0 Å². The minimum absolute atomic E-state index is 0.888. The molecule has 3 rings (SSSR count). The summed E-state index contributed by atoms with van der Waals surface area (Å²) in [6, 6.07) is 16.4. The van der Waals surface area contributed by atoms with Crippen molar-refractivity contribution in [3.05, 3.63) is 65.9 Å². The monoisotopic (exact) mass is 249 g/mol. The summed E-state index contributed by atoms with van der Waals surface area (Å²) < 4.78 is 1.81. The molecule has 1 aromatic heterocycles. The van der Waals surface area contributed by atoms with Gasteiger partial charge in [-0.15, -0.1) is 5.10 Å². The lowest BCUT2D eigenvalue weighted by molar-refractivity contribution is 0.802. The van der Waals surface area contributed by atoms with Gasteiger partial charge in [-0.05, 0) is 37.1 Å². The normalized spacial score (nSPS) is 10.6. The van der Waals surface area contributed by atoms with Gasteiger partial charge < -0.3 is 0 Å². The Balaban J connectivity index is 1.99. The van der Waals surface area contributed by atoms with Gasteiger partial charge in [0, 0.05) is 5.56 Å². The SMILES string of the molecule is Cc1ccc(-n2cc(-c3ccccc3)nn2)cc1C. The molecule has 0 fully saturated rings. The van der Waals surface area contributed by atoms with Gasteiger partial charge in [0.25, 0.3) is 0 Å². The molecule has 0 amide bonds. The summed E-state index contributed by atoms with van der Waals surface area (Å²) >= 11 is 0. The predicted molar refractivity (Wildman–Crippen MR) is 76.3 cm³/mol. The third-order valence-corrected chi connectivity index (χ3v) is 3.32. The number of benzene rings is 2. The van der Waals surface area contributed by atoms with Crippen LogP contribution in [0.15, 0.2) is 54.7 Å². The van der Waals surface area contributed by atoms with E-state index in [2.05, 4.69) is 42.4 Å². The lowest BCUT2D eigenvalue weighted by atomic mass is 10.1. The minimum atomic E-state index is 0.888. The van der Waals surface area contributed by atoms with Crippen molar-refractivity contribution in [2.75, 3.05) is 0 Å². The van der Waals surface area contributed by atoms with E-state index in [4.69, 9.17) is 0 Å². The first-order valence-corrected chi connectivity index (χ1v) is 6.29. The molecule has 3 nitrogen and oxygen atoms in total. The average molecular weight is 249 g/mol. The van der Waals surface area contributed by atoms with Crippen molar-refractivity contribution in [1.82, 2.24) is 15.0 Å². The second-order valence-electron chi connectivity index (χ2n) is 4.68. The van der Waals surface area contributed by atoms with Crippen molar-refractivity contribution in [1.29, 1.82) is 0 Å². The number of rotatable bonds is 2. The Morgan fingerprint density at radius 1 is 0.895 bits per heavy atom. The molecule has 0 N–H and O–H groups in total. The fourth-order valence-electron chi connectivity index (χ4n) is 2.00. The van der Waals surface area contributed by atoms with Crippen molar-refractivity contribution >= 4 is 0 Å². The molecule has 0 aliphatic rings. The maximum absolute atomic E-state index is 4.23. The Kier molecular flexibility index (Phi) is 2.88. The zero-order chi connectivity index (χ0) is 13.2. The van der Waals surface area contributed by atoms with Gasteiger partial charge in [-0.1, -0.05) is 41.6 Å². The van der Waals surface area contributed by atoms with Gasteiger partial charge in [-0.25, -0.2) is 4.68 Å². The third-order valence-electron chi connectivity index (χ3n) is 3.32. The maximum Gasteiger partial charge on any atom is 0.113 e. The van der Waals surface area contributed by atoms with E-state index in [1.54, 1.807) is 0 Å². The maximum atomic E-state index is 4.23. The van der Waals surface area contributed by atoms with Crippen LogP contribution in [0.3, 0.4) is 0 Å². The molecule has 0 saturated heterocycles. The topological polar surface area (TPSA) is 30.7 Å². The number of hydrogen-bond donors (Lipinski definition) is 0. The summed E-state index contributed by atoms with van der Waals surface area (Å²) in [5.74, 6) is 0. The third kappa shape index (κ3) is 2.27. The molecule has 0 aliphatic heterocycles. The fourth-order valence-corrected chi connectivity index (χ4v) is 2.00. The van der Waals surface area contributed by atoms with Crippen molar-refractivity contribution in [2.24, 2.45) is 0 Å². The Labute approximate surface area is 112 Å². The molecule has 1 heterocycles. The molecule has 3 heteroatoms. The van der Waals surface area contributed by atoms with Crippen LogP contribution in [-0.2, 0) is 0 Å². The van der Waals surface area contributed by atoms with Crippen LogP contribution in [0.2, 0.25) is 0 Å². The van der Waals surface area contributed by atoms with Crippen LogP contribution in [0.4, 0.5) is 0 Å². The van der Waals surface area contributed by atoms with Crippen LogP contribution in [0.5, 0.6) is 0 Å². The largest absolute Gasteiger partial charge is 0.220 e. The predicted octanol–water partition coefficient (Wildman–Crippen LogP) is 3.55. The van der Waals surface area contributed by atoms with Crippen molar-refractivity contribution in [3.8, 4) is 16.9 Å². The molecule has 0 spiro atoms. The Bertz CT molecular complexity index is 699. The Hall–Kier alpha value is -2.42. The first kappa shape index (κ1) is 11.7. The van der Waals surface area contributed by atoms with Crippen molar-refractivity contribution in [3.63, 3.8) is 0 Å². The minimum Gasteiger partial charge on any atom is -0.220 e. The second kappa shape index (κ2) is 4.69. The average Bonchev–Trinajstić information content (AvgIpc) is 2.93. The van der Waals surface area contributed by atoms with Crippen molar-refractivity contribution in [2.45, 2.75) is 13.8 Å². The fraction of sp³-hybridized carbons (Fsp3) is 0.125. The zero-order valence-corrected chi connectivity index (χ0v) is 11.0. The lowest BCUT2D eigenvalue weighted by Gasteiger charge is -2.03. The Morgan fingerprint density at radius 2 is 1.68 bits per heavy atom. The molecule has 3 aromatic rings. The summed E-state index contributed by atoms with van der Waals surface area (Å²) in [7, 11) is 0. The van der Waals surface area contributed by atoms with Crippen LogP contribution in [0.1, 0.15) is 11.1 Å². The van der Waals surface area contributed by atoms with Crippen LogP contribution >= 0.6 is 0 Å². The molecule has 0 atom stereocenters. The van der Waals surface area contributed by atoms with Crippen LogP contribution in [0, 0.1) is 13.8 Å². The van der Waals surface area contributed by atoms with E-state index in [-0.39, 0.29) is 0 Å². The molecule has 2 aromatic carbocycles. The van der Waals surface area contributed by atoms with E-state index in [9.17, 15) is 0 Å². The highest BCUT2D eigenvalue weighted by molar-refractivity contribution is 5.57. The van der Waals surface area contributed by atoms with Gasteiger partial charge in [0.05, 0.1) is 11.9 Å². The molecular weight excluding hydrogens is 234 g/mol. The van der Waals surface area contributed by atoms with E-state index in [0.29, 0.717) is 0 Å². The molecular formula is C16H15N3. The summed E-state index contributed by atoms with van der Waals surface area (Å²) in [6.07, 6.45) is 1.96. The first-order chi connectivity index (χ1) is 9.24. The number of aromatic nitrogens is 3. The summed E-state index contributed by atoms with van der Waals surface area (Å²) in [4.78, 5) is 0. The van der Waals surface area contributed by atoms with Gasteiger partial charge in [0.15, 0.2) is 0 Å². The molecule has 19 heavy (non-hydrogen) atoms. The van der Waals surface area contributed by atoms with E-state index in [1.165, 1.54) is 11.1 Å². The van der Waals surface area contributed by atoms with Crippen LogP contribution in [0.25, 0.3) is 16.9 Å². The summed E-state index contributed by atoms with van der Waals surface area (Å²) in [5.41, 5.74) is 5.55. The molecule has 0 saturated carbocycles. The van der Waals surface area contributed by atoms with Gasteiger partial charge in [0.1, 0.15) is 5.69 Å². The van der Waals surface area contributed by atoms with E-state index < -0.39 is 0 Å². The standard InChI is InChI=1S/C16H15N3/c1-12-8-9-15(10-13(12)2)19-11-16(17-18-19)14-6-4-3-5-7-14/h3-11H,1-2H3. The zero-order valence-electron chi connectivity index (χ0n) is 11.0. The molecule has 0 bridgehead atoms. The van der Waals surface area contributed by atoms with E-state index in [1.807, 2.05) is 41.2 Å². The molecule has 0 radical (unpaired) electrons. The summed E-state index contributed by atoms with van der Waals surface area (Å²) in [6.45, 7) is 4.21. The van der Waals surface area contributed by atoms with Gasteiger partial charge in [-0.3, -0.25) is 0 Å². The highest BCUT2D eigenvalue weighted by Crippen LogP contribution is 2.18. The first-order valence-electron chi connectivity index (χ1n) is 6.29. The Morgan fingerprint density at radius 3 is 2.42 bits per heavy atom. The summed E-state index contributed by atoms with van der Waals surface area (Å²) in [5, 5.41) is 8.43. The van der Waals surface area contributed by atoms with E-state index in [0.717, 1.165) is 16.9 Å². The number of aryl methyl sites for hydroxylation is 2. The van der Waals surface area contributed by atoms with E-state index >= 15 is 0 Å². The number of nitrogens with zero attached hydrogens (tertiary/aromatic N) is 3. The lowest BCUT2D eigenvalue weighted by Crippen LogP contribution is -1.96. The highest BCUT2D eigenvalue weighted by atomic mass is 15.4. The number of hydrogen-bond acceptors (Lipinski definition) is 2. The van der Waals surface area contributed by atoms with Gasteiger partial charge in [-0.2, -0.15) is 0 Å². The van der Waals surface area contributed by atoms with Crippen LogP contribution in [-0.4, -0.2) is 15.0 Å². The smallest absolute Gasteiger partial charge is 0.113 e. The molecule has 94 valence electrons. The van der Waals surface area contributed by atoms with Crippen LogP contribution < -0.4 is 0 Å².